The molecule has 0 spiro atoms. The van der Waals surface area contributed by atoms with Crippen molar-refractivity contribution in [2.75, 3.05) is 33.4 Å². The van der Waals surface area contributed by atoms with Crippen molar-refractivity contribution >= 4 is 10.2 Å². The standard InChI is InChI=1S/C14H29N3O3S/c1-20-11-5-3-9-16-21(18,19)17-10-4-2-6-14(17)12-15-13-7-8-13/h13-16H,2-12H2,1H3. The summed E-state index contributed by atoms with van der Waals surface area (Å²) >= 11 is 0. The number of hydrogen-bond donors (Lipinski definition) is 2. The maximum absolute atomic E-state index is 12.4. The van der Waals surface area contributed by atoms with Crippen molar-refractivity contribution in [3.63, 3.8) is 0 Å². The molecule has 7 heteroatoms. The van der Waals surface area contributed by atoms with Gasteiger partial charge < -0.3 is 10.1 Å². The van der Waals surface area contributed by atoms with Crippen LogP contribution < -0.4 is 10.0 Å². The van der Waals surface area contributed by atoms with Gasteiger partial charge in [0, 0.05) is 45.4 Å². The Labute approximate surface area is 128 Å². The Morgan fingerprint density at radius 2 is 2.00 bits per heavy atom. The van der Waals surface area contributed by atoms with E-state index in [9.17, 15) is 8.42 Å². The fourth-order valence-electron chi connectivity index (χ4n) is 2.74. The largest absolute Gasteiger partial charge is 0.385 e. The molecule has 1 heterocycles. The monoisotopic (exact) mass is 319 g/mol. The molecule has 1 saturated heterocycles. The number of rotatable bonds is 10. The van der Waals surface area contributed by atoms with Gasteiger partial charge >= 0.3 is 0 Å². The van der Waals surface area contributed by atoms with E-state index in [0.29, 0.717) is 25.7 Å². The summed E-state index contributed by atoms with van der Waals surface area (Å²) in [6.45, 7) is 2.60. The first-order valence-corrected chi connectivity index (χ1v) is 9.56. The van der Waals surface area contributed by atoms with E-state index >= 15 is 0 Å². The van der Waals surface area contributed by atoms with Crippen molar-refractivity contribution in [2.45, 2.75) is 57.0 Å². The lowest BCUT2D eigenvalue weighted by Gasteiger charge is -2.34. The van der Waals surface area contributed by atoms with Gasteiger partial charge in [0.15, 0.2) is 0 Å². The minimum atomic E-state index is -3.34. The lowest BCUT2D eigenvalue weighted by atomic mass is 10.1. The zero-order chi connectivity index (χ0) is 15.1. The van der Waals surface area contributed by atoms with E-state index < -0.39 is 10.2 Å². The van der Waals surface area contributed by atoms with Gasteiger partial charge in [0.2, 0.25) is 0 Å². The number of piperidine rings is 1. The summed E-state index contributed by atoms with van der Waals surface area (Å²) in [4.78, 5) is 0. The molecular formula is C14H29N3O3S. The zero-order valence-corrected chi connectivity index (χ0v) is 13.8. The fourth-order valence-corrected chi connectivity index (χ4v) is 4.25. The molecule has 124 valence electrons. The van der Waals surface area contributed by atoms with E-state index in [2.05, 4.69) is 10.0 Å². The van der Waals surface area contributed by atoms with E-state index in [1.807, 2.05) is 0 Å². The van der Waals surface area contributed by atoms with Crippen molar-refractivity contribution < 1.29 is 13.2 Å². The average Bonchev–Trinajstić information content (AvgIpc) is 3.29. The first-order chi connectivity index (χ1) is 10.1. The molecule has 2 rings (SSSR count). The van der Waals surface area contributed by atoms with Crippen LogP contribution in [0.25, 0.3) is 0 Å². The quantitative estimate of drug-likeness (QED) is 0.586. The number of hydrogen-bond acceptors (Lipinski definition) is 4. The van der Waals surface area contributed by atoms with Crippen LogP contribution in [0.4, 0.5) is 0 Å². The van der Waals surface area contributed by atoms with Crippen molar-refractivity contribution in [2.24, 2.45) is 0 Å². The number of nitrogens with one attached hydrogen (secondary N) is 2. The number of unbranched alkanes of at least 4 members (excludes halogenated alkanes) is 1. The second-order valence-corrected chi connectivity index (χ2v) is 7.75. The molecule has 0 bridgehead atoms. The Balaban J connectivity index is 1.79. The van der Waals surface area contributed by atoms with Crippen LogP contribution in [-0.4, -0.2) is 58.2 Å². The summed E-state index contributed by atoms with van der Waals surface area (Å²) < 4.78 is 34.3. The molecule has 2 N–H and O–H groups in total. The topological polar surface area (TPSA) is 70.7 Å². The Morgan fingerprint density at radius 3 is 2.71 bits per heavy atom. The SMILES string of the molecule is COCCCCNS(=O)(=O)N1CCCCC1CNC1CC1. The number of methoxy groups -OCH3 is 1. The molecule has 1 atom stereocenters. The Morgan fingerprint density at radius 1 is 1.19 bits per heavy atom. The highest BCUT2D eigenvalue weighted by Crippen LogP contribution is 2.22. The van der Waals surface area contributed by atoms with Gasteiger partial charge in [-0.05, 0) is 38.5 Å². The predicted molar refractivity (Wildman–Crippen MR) is 83.4 cm³/mol. The molecule has 1 aliphatic carbocycles. The van der Waals surface area contributed by atoms with Crippen LogP contribution >= 0.6 is 0 Å². The molecule has 0 aromatic carbocycles. The highest BCUT2D eigenvalue weighted by molar-refractivity contribution is 7.87. The molecule has 1 unspecified atom stereocenters. The van der Waals surface area contributed by atoms with Crippen molar-refractivity contribution in [1.29, 1.82) is 0 Å². The summed E-state index contributed by atoms with van der Waals surface area (Å²) in [5, 5.41) is 3.46. The van der Waals surface area contributed by atoms with Crippen LogP contribution in [0.2, 0.25) is 0 Å². The number of ether oxygens (including phenoxy) is 1. The molecule has 1 saturated carbocycles. The van der Waals surface area contributed by atoms with Crippen LogP contribution in [0.15, 0.2) is 0 Å². The highest BCUT2D eigenvalue weighted by Gasteiger charge is 2.33. The van der Waals surface area contributed by atoms with Crippen LogP contribution in [0.3, 0.4) is 0 Å². The van der Waals surface area contributed by atoms with Crippen molar-refractivity contribution in [1.82, 2.24) is 14.3 Å². The Hall–Kier alpha value is -0.210. The van der Waals surface area contributed by atoms with Gasteiger partial charge in [-0.15, -0.1) is 0 Å². The van der Waals surface area contributed by atoms with E-state index in [-0.39, 0.29) is 6.04 Å². The average molecular weight is 319 g/mol. The maximum atomic E-state index is 12.4. The van der Waals surface area contributed by atoms with Crippen molar-refractivity contribution in [3.05, 3.63) is 0 Å². The molecule has 2 aliphatic rings. The minimum absolute atomic E-state index is 0.107. The predicted octanol–water partition coefficient (Wildman–Crippen LogP) is 0.854. The summed E-state index contributed by atoms with van der Waals surface area (Å²) in [6, 6.07) is 0.731. The molecular weight excluding hydrogens is 290 g/mol. The molecule has 0 aromatic rings. The highest BCUT2D eigenvalue weighted by atomic mass is 32.2. The third kappa shape index (κ3) is 5.83. The van der Waals surface area contributed by atoms with E-state index in [0.717, 1.165) is 38.6 Å². The first-order valence-electron chi connectivity index (χ1n) is 8.12. The van der Waals surface area contributed by atoms with Gasteiger partial charge in [0.25, 0.3) is 10.2 Å². The van der Waals surface area contributed by atoms with Crippen LogP contribution in [0.1, 0.15) is 44.9 Å². The molecule has 0 amide bonds. The van der Waals surface area contributed by atoms with Gasteiger partial charge in [-0.1, -0.05) is 6.42 Å². The molecule has 21 heavy (non-hydrogen) atoms. The summed E-state index contributed by atoms with van der Waals surface area (Å²) in [6.07, 6.45) is 7.21. The van der Waals surface area contributed by atoms with E-state index in [1.54, 1.807) is 11.4 Å². The molecule has 1 aliphatic heterocycles. The lowest BCUT2D eigenvalue weighted by Crippen LogP contribution is -2.52. The van der Waals surface area contributed by atoms with E-state index in [4.69, 9.17) is 4.74 Å². The van der Waals surface area contributed by atoms with Crippen LogP contribution in [-0.2, 0) is 14.9 Å². The van der Waals surface area contributed by atoms with Crippen LogP contribution in [0.5, 0.6) is 0 Å². The van der Waals surface area contributed by atoms with Gasteiger partial charge in [0.05, 0.1) is 0 Å². The summed E-state index contributed by atoms with van der Waals surface area (Å²) in [5.41, 5.74) is 0. The fraction of sp³-hybridized carbons (Fsp3) is 1.00. The van der Waals surface area contributed by atoms with Crippen LogP contribution in [0, 0.1) is 0 Å². The van der Waals surface area contributed by atoms with Gasteiger partial charge in [-0.25, -0.2) is 4.72 Å². The first kappa shape index (κ1) is 17.1. The van der Waals surface area contributed by atoms with Gasteiger partial charge in [-0.2, -0.15) is 12.7 Å². The third-order valence-corrected chi connectivity index (χ3v) is 5.83. The van der Waals surface area contributed by atoms with Gasteiger partial charge in [-0.3, -0.25) is 0 Å². The summed E-state index contributed by atoms with van der Waals surface area (Å²) in [5.74, 6) is 0. The maximum Gasteiger partial charge on any atom is 0.279 e. The minimum Gasteiger partial charge on any atom is -0.385 e. The molecule has 0 aromatic heterocycles. The number of nitrogens with zero attached hydrogens (tertiary/aromatic N) is 1. The normalized spacial score (nSPS) is 24.3. The van der Waals surface area contributed by atoms with Gasteiger partial charge in [0.1, 0.15) is 0 Å². The Kier molecular flexibility index (Phi) is 6.88. The Bertz CT molecular complexity index is 398. The second-order valence-electron chi connectivity index (χ2n) is 6.04. The second kappa shape index (κ2) is 8.43. The van der Waals surface area contributed by atoms with E-state index in [1.165, 1.54) is 12.8 Å². The lowest BCUT2D eigenvalue weighted by molar-refractivity contribution is 0.193. The molecule has 6 nitrogen and oxygen atoms in total. The smallest absolute Gasteiger partial charge is 0.279 e. The van der Waals surface area contributed by atoms with Crippen molar-refractivity contribution in [3.8, 4) is 0 Å². The molecule has 2 fully saturated rings. The zero-order valence-electron chi connectivity index (χ0n) is 13.0. The third-order valence-electron chi connectivity index (χ3n) is 4.16. The summed E-state index contributed by atoms with van der Waals surface area (Å²) in [7, 11) is -1.68. The molecule has 0 radical (unpaired) electrons.